The van der Waals surface area contributed by atoms with Crippen molar-refractivity contribution in [3.63, 3.8) is 0 Å². The molecule has 1 aliphatic heterocycles. The van der Waals surface area contributed by atoms with Gasteiger partial charge in [-0.2, -0.15) is 0 Å². The lowest BCUT2D eigenvalue weighted by Crippen LogP contribution is -2.36. The van der Waals surface area contributed by atoms with Crippen molar-refractivity contribution in [1.82, 2.24) is 19.2 Å². The third-order valence-electron chi connectivity index (χ3n) is 5.60. The first-order chi connectivity index (χ1) is 14.6. The van der Waals surface area contributed by atoms with Crippen LogP contribution in [-0.4, -0.2) is 64.5 Å². The molecule has 1 amide bonds. The summed E-state index contributed by atoms with van der Waals surface area (Å²) in [5.41, 5.74) is 4.32. The molecular weight excluding hydrogens is 400 g/mol. The second-order valence-electron chi connectivity index (χ2n) is 7.38. The van der Waals surface area contributed by atoms with Crippen LogP contribution in [0.25, 0.3) is 16.9 Å². The van der Waals surface area contributed by atoms with Crippen molar-refractivity contribution in [2.75, 3.05) is 39.4 Å². The number of amides is 1. The van der Waals surface area contributed by atoms with Crippen LogP contribution in [0.5, 0.6) is 0 Å². The minimum absolute atomic E-state index is 0.0221. The third kappa shape index (κ3) is 4.08. The van der Waals surface area contributed by atoms with Crippen molar-refractivity contribution in [3.8, 4) is 11.3 Å². The van der Waals surface area contributed by atoms with E-state index in [-0.39, 0.29) is 5.91 Å². The molecule has 0 radical (unpaired) electrons. The minimum Gasteiger partial charge on any atom is -0.379 e. The normalized spacial score (nSPS) is 14.9. The SMILES string of the molecule is CCN(CC)C(=O)c1cccc2nc(-c3ccc(Cl)cc3)c(CN3CCOCC3)n12. The summed E-state index contributed by atoms with van der Waals surface area (Å²) < 4.78 is 7.55. The van der Waals surface area contributed by atoms with Crippen molar-refractivity contribution < 1.29 is 9.53 Å². The Kier molecular flexibility index (Phi) is 6.37. The Morgan fingerprint density at radius 3 is 2.47 bits per heavy atom. The molecule has 0 unspecified atom stereocenters. The molecule has 0 saturated carbocycles. The van der Waals surface area contributed by atoms with Gasteiger partial charge in [0.1, 0.15) is 11.3 Å². The van der Waals surface area contributed by atoms with Crippen LogP contribution in [0.4, 0.5) is 0 Å². The summed E-state index contributed by atoms with van der Waals surface area (Å²) in [4.78, 5) is 22.4. The van der Waals surface area contributed by atoms with E-state index in [0.717, 1.165) is 48.9 Å². The van der Waals surface area contributed by atoms with E-state index in [4.69, 9.17) is 21.3 Å². The van der Waals surface area contributed by atoms with Gasteiger partial charge in [0.2, 0.25) is 0 Å². The maximum absolute atomic E-state index is 13.3. The molecule has 6 nitrogen and oxygen atoms in total. The number of rotatable bonds is 6. The molecule has 1 aromatic carbocycles. The lowest BCUT2D eigenvalue weighted by Gasteiger charge is -2.27. The zero-order valence-electron chi connectivity index (χ0n) is 17.5. The van der Waals surface area contributed by atoms with Gasteiger partial charge < -0.3 is 9.64 Å². The average molecular weight is 427 g/mol. The number of carbonyl (C=O) groups is 1. The molecular formula is C23H27ClN4O2. The van der Waals surface area contributed by atoms with Crippen LogP contribution in [0.1, 0.15) is 30.0 Å². The Balaban J connectivity index is 1.88. The first-order valence-corrected chi connectivity index (χ1v) is 10.9. The number of hydrogen-bond donors (Lipinski definition) is 0. The lowest BCUT2D eigenvalue weighted by atomic mass is 10.1. The topological polar surface area (TPSA) is 50.1 Å². The number of pyridine rings is 1. The van der Waals surface area contributed by atoms with Crippen LogP contribution in [0.3, 0.4) is 0 Å². The van der Waals surface area contributed by atoms with Crippen LogP contribution in [-0.2, 0) is 11.3 Å². The number of hydrogen-bond acceptors (Lipinski definition) is 4. The van der Waals surface area contributed by atoms with Crippen LogP contribution >= 0.6 is 11.6 Å². The highest BCUT2D eigenvalue weighted by Crippen LogP contribution is 2.28. The summed E-state index contributed by atoms with van der Waals surface area (Å²) in [5.74, 6) is 0.0221. The fraction of sp³-hybridized carbons (Fsp3) is 0.391. The molecule has 158 valence electrons. The van der Waals surface area contributed by atoms with Crippen LogP contribution < -0.4 is 0 Å². The van der Waals surface area contributed by atoms with E-state index in [9.17, 15) is 4.79 Å². The molecule has 3 heterocycles. The largest absolute Gasteiger partial charge is 0.379 e. The Morgan fingerprint density at radius 2 is 1.80 bits per heavy atom. The number of morpholine rings is 1. The van der Waals surface area contributed by atoms with Crippen molar-refractivity contribution in [1.29, 1.82) is 0 Å². The first-order valence-electron chi connectivity index (χ1n) is 10.5. The van der Waals surface area contributed by atoms with Crippen LogP contribution in [0.15, 0.2) is 42.5 Å². The van der Waals surface area contributed by atoms with Gasteiger partial charge >= 0.3 is 0 Å². The summed E-state index contributed by atoms with van der Waals surface area (Å²) in [5, 5.41) is 0.689. The van der Waals surface area contributed by atoms with Crippen LogP contribution in [0.2, 0.25) is 5.02 Å². The maximum Gasteiger partial charge on any atom is 0.270 e. The van der Waals surface area contributed by atoms with Gasteiger partial charge in [0.15, 0.2) is 0 Å². The highest BCUT2D eigenvalue weighted by atomic mass is 35.5. The number of halogens is 1. The lowest BCUT2D eigenvalue weighted by molar-refractivity contribution is 0.0335. The van der Waals surface area contributed by atoms with E-state index >= 15 is 0 Å². The van der Waals surface area contributed by atoms with Gasteiger partial charge in [-0.25, -0.2) is 4.98 Å². The molecule has 1 saturated heterocycles. The standard InChI is InChI=1S/C23H27ClN4O2/c1-3-27(4-2)23(29)19-6-5-7-21-25-22(17-8-10-18(24)11-9-17)20(28(19)21)16-26-12-14-30-15-13-26/h5-11H,3-4,12-16H2,1-2H3. The molecule has 0 spiro atoms. The molecule has 1 fully saturated rings. The quantitative estimate of drug-likeness (QED) is 0.598. The molecule has 4 rings (SSSR count). The predicted molar refractivity (Wildman–Crippen MR) is 119 cm³/mol. The second kappa shape index (κ2) is 9.16. The number of ether oxygens (including phenoxy) is 1. The van der Waals surface area contributed by atoms with E-state index in [1.165, 1.54) is 0 Å². The van der Waals surface area contributed by atoms with Gasteiger partial charge in [-0.1, -0.05) is 29.8 Å². The van der Waals surface area contributed by atoms with Gasteiger partial charge in [0.05, 0.1) is 24.6 Å². The summed E-state index contributed by atoms with van der Waals surface area (Å²) in [6, 6.07) is 13.5. The smallest absolute Gasteiger partial charge is 0.270 e. The summed E-state index contributed by atoms with van der Waals surface area (Å²) in [6.45, 7) is 9.21. The monoisotopic (exact) mass is 426 g/mol. The molecule has 30 heavy (non-hydrogen) atoms. The van der Waals surface area contributed by atoms with Crippen LogP contribution in [0, 0.1) is 0 Å². The fourth-order valence-corrected chi connectivity index (χ4v) is 4.08. The van der Waals surface area contributed by atoms with Crippen molar-refractivity contribution in [2.24, 2.45) is 0 Å². The highest BCUT2D eigenvalue weighted by Gasteiger charge is 2.23. The zero-order chi connectivity index (χ0) is 21.1. The van der Waals surface area contributed by atoms with E-state index in [1.54, 1.807) is 0 Å². The summed E-state index contributed by atoms with van der Waals surface area (Å²) >= 11 is 6.11. The number of carbonyl (C=O) groups excluding carboxylic acids is 1. The number of fused-ring (bicyclic) bond motifs is 1. The van der Waals surface area contributed by atoms with Crippen molar-refractivity contribution in [3.05, 3.63) is 58.9 Å². The molecule has 2 aromatic heterocycles. The fourth-order valence-electron chi connectivity index (χ4n) is 3.95. The predicted octanol–water partition coefficient (Wildman–Crippen LogP) is 3.97. The van der Waals surface area contributed by atoms with Gasteiger partial charge in [0, 0.05) is 43.3 Å². The van der Waals surface area contributed by atoms with Gasteiger partial charge in [-0.15, -0.1) is 0 Å². The number of aromatic nitrogens is 2. The average Bonchev–Trinajstić information content (AvgIpc) is 3.14. The first kappa shape index (κ1) is 20.8. The molecule has 7 heteroatoms. The maximum atomic E-state index is 13.3. The number of benzene rings is 1. The van der Waals surface area contributed by atoms with E-state index in [2.05, 4.69) is 4.90 Å². The zero-order valence-corrected chi connectivity index (χ0v) is 18.2. The van der Waals surface area contributed by atoms with Gasteiger partial charge in [-0.05, 0) is 38.1 Å². The Hall–Kier alpha value is -2.41. The summed E-state index contributed by atoms with van der Waals surface area (Å²) in [7, 11) is 0. The molecule has 0 N–H and O–H groups in total. The van der Waals surface area contributed by atoms with Gasteiger partial charge in [0.25, 0.3) is 5.91 Å². The molecule has 1 aliphatic rings. The molecule has 0 bridgehead atoms. The van der Waals surface area contributed by atoms with Crippen molar-refractivity contribution in [2.45, 2.75) is 20.4 Å². The number of imidazole rings is 1. The van der Waals surface area contributed by atoms with E-state index in [0.29, 0.717) is 30.4 Å². The Labute approximate surface area is 182 Å². The molecule has 0 atom stereocenters. The Bertz CT molecular complexity index is 1020. The molecule has 0 aliphatic carbocycles. The third-order valence-corrected chi connectivity index (χ3v) is 5.86. The number of nitrogens with zero attached hydrogens (tertiary/aromatic N) is 4. The van der Waals surface area contributed by atoms with Gasteiger partial charge in [-0.3, -0.25) is 14.1 Å². The van der Waals surface area contributed by atoms with E-state index < -0.39 is 0 Å². The second-order valence-corrected chi connectivity index (χ2v) is 7.82. The van der Waals surface area contributed by atoms with Crippen molar-refractivity contribution >= 4 is 23.2 Å². The highest BCUT2D eigenvalue weighted by molar-refractivity contribution is 6.30. The Morgan fingerprint density at radius 1 is 1.10 bits per heavy atom. The summed E-state index contributed by atoms with van der Waals surface area (Å²) in [6.07, 6.45) is 0. The van der Waals surface area contributed by atoms with E-state index in [1.807, 2.05) is 65.6 Å². The molecule has 3 aromatic rings. The minimum atomic E-state index is 0.0221.